The van der Waals surface area contributed by atoms with E-state index in [9.17, 15) is 4.79 Å². The summed E-state index contributed by atoms with van der Waals surface area (Å²) in [4.78, 5) is 10.2. The lowest BCUT2D eigenvalue weighted by atomic mass is 10.0. The number of amides is 1. The highest BCUT2D eigenvalue weighted by Crippen LogP contribution is 2.07. The third-order valence-corrected chi connectivity index (χ3v) is 1.42. The topological polar surface area (TPSA) is 43.1 Å². The van der Waals surface area contributed by atoms with E-state index in [1.807, 2.05) is 0 Å². The van der Waals surface area contributed by atoms with Crippen LogP contribution in [-0.4, -0.2) is 5.91 Å². The Morgan fingerprint density at radius 1 is 1.78 bits per heavy atom. The Morgan fingerprint density at radius 3 is 2.67 bits per heavy atom. The normalized spacial score (nSPS) is 13.1. The highest BCUT2D eigenvalue weighted by Gasteiger charge is 2.00. The van der Waals surface area contributed by atoms with E-state index in [-0.39, 0.29) is 5.91 Å². The third kappa shape index (κ3) is 5.34. The highest BCUT2D eigenvalue weighted by atomic mass is 16.1. The minimum absolute atomic E-state index is 0.310. The Hall–Kier alpha value is -0.530. The van der Waals surface area contributed by atoms with E-state index in [2.05, 4.69) is 13.8 Å². The van der Waals surface area contributed by atoms with Gasteiger partial charge in [-0.25, -0.2) is 0 Å². The van der Waals surface area contributed by atoms with Gasteiger partial charge in [-0.15, -0.1) is 0 Å². The van der Waals surface area contributed by atoms with Gasteiger partial charge in [0.25, 0.3) is 0 Å². The first-order valence-corrected chi connectivity index (χ1v) is 3.29. The van der Waals surface area contributed by atoms with Gasteiger partial charge in [0.1, 0.15) is 0 Å². The molecule has 0 aromatic rings. The minimum atomic E-state index is -0.310. The zero-order chi connectivity index (χ0) is 7.28. The van der Waals surface area contributed by atoms with Crippen LogP contribution in [0.1, 0.15) is 26.7 Å². The number of hydrogen-bond acceptors (Lipinski definition) is 1. The summed E-state index contributed by atoms with van der Waals surface area (Å²) in [5.41, 5.74) is 4.90. The Kier molecular flexibility index (Phi) is 4.10. The average Bonchev–Trinajstić information content (AvgIpc) is 1.83. The Bertz CT molecular complexity index is 90.9. The van der Waals surface area contributed by atoms with Gasteiger partial charge in [-0.3, -0.25) is 4.79 Å². The first-order valence-electron chi connectivity index (χ1n) is 3.29. The fraction of sp³-hybridized carbons (Fsp3) is 0.714. The van der Waals surface area contributed by atoms with Crippen molar-refractivity contribution in [3.63, 3.8) is 0 Å². The van der Waals surface area contributed by atoms with Crippen molar-refractivity contribution in [2.24, 2.45) is 11.7 Å². The van der Waals surface area contributed by atoms with E-state index in [0.717, 1.165) is 12.8 Å². The molecule has 1 radical (unpaired) electrons. The van der Waals surface area contributed by atoms with Gasteiger partial charge in [0, 0.05) is 6.42 Å². The van der Waals surface area contributed by atoms with Crippen LogP contribution in [0.25, 0.3) is 0 Å². The molecule has 2 N–H and O–H groups in total. The average molecular weight is 128 g/mol. The molecule has 0 aromatic heterocycles. The Labute approximate surface area is 56.4 Å². The second kappa shape index (κ2) is 4.36. The fourth-order valence-electron chi connectivity index (χ4n) is 0.484. The van der Waals surface area contributed by atoms with Gasteiger partial charge in [0.2, 0.25) is 5.91 Å². The van der Waals surface area contributed by atoms with Gasteiger partial charge in [-0.1, -0.05) is 20.3 Å². The van der Waals surface area contributed by atoms with Crippen LogP contribution in [0.4, 0.5) is 0 Å². The van der Waals surface area contributed by atoms with Crippen molar-refractivity contribution >= 4 is 5.91 Å². The van der Waals surface area contributed by atoms with Crippen LogP contribution in [-0.2, 0) is 4.79 Å². The van der Waals surface area contributed by atoms with E-state index in [0.29, 0.717) is 5.92 Å². The van der Waals surface area contributed by atoms with Gasteiger partial charge in [-0.2, -0.15) is 0 Å². The SMILES string of the molecule is CCC(C)C[CH]C(N)=O. The van der Waals surface area contributed by atoms with E-state index in [4.69, 9.17) is 5.73 Å². The smallest absolute Gasteiger partial charge is 0.221 e. The van der Waals surface area contributed by atoms with Crippen molar-refractivity contribution in [2.75, 3.05) is 0 Å². The number of primary amides is 1. The molecule has 1 amide bonds. The second-order valence-corrected chi connectivity index (χ2v) is 2.36. The van der Waals surface area contributed by atoms with Crippen molar-refractivity contribution < 1.29 is 4.79 Å². The molecule has 0 aliphatic heterocycles. The summed E-state index contributed by atoms with van der Waals surface area (Å²) in [6.07, 6.45) is 3.45. The molecular formula is C7H14NO. The Morgan fingerprint density at radius 2 is 2.33 bits per heavy atom. The summed E-state index contributed by atoms with van der Waals surface area (Å²) < 4.78 is 0. The van der Waals surface area contributed by atoms with E-state index < -0.39 is 0 Å². The number of rotatable bonds is 4. The lowest BCUT2D eigenvalue weighted by molar-refractivity contribution is -0.115. The van der Waals surface area contributed by atoms with Crippen LogP contribution in [0, 0.1) is 12.3 Å². The standard InChI is InChI=1S/C7H14NO/c1-3-6(2)4-5-7(8)9/h5-6H,3-4H2,1-2H3,(H2,8,9). The molecule has 0 fully saturated rings. The van der Waals surface area contributed by atoms with Gasteiger partial charge >= 0.3 is 0 Å². The number of carbonyl (C=O) groups excluding carboxylic acids is 1. The molecule has 1 unspecified atom stereocenters. The predicted octanol–water partition coefficient (Wildman–Crippen LogP) is 1.11. The summed E-state index contributed by atoms with van der Waals surface area (Å²) in [5.74, 6) is 0.271. The van der Waals surface area contributed by atoms with Crippen LogP contribution in [0.3, 0.4) is 0 Å². The lowest BCUT2D eigenvalue weighted by Crippen LogP contribution is -2.12. The molecule has 1 atom stereocenters. The molecule has 2 nitrogen and oxygen atoms in total. The zero-order valence-electron chi connectivity index (χ0n) is 6.05. The molecule has 0 spiro atoms. The van der Waals surface area contributed by atoms with Gasteiger partial charge in [0.05, 0.1) is 0 Å². The van der Waals surface area contributed by atoms with Crippen molar-refractivity contribution in [1.29, 1.82) is 0 Å². The van der Waals surface area contributed by atoms with Crippen molar-refractivity contribution in [2.45, 2.75) is 26.7 Å². The second-order valence-electron chi connectivity index (χ2n) is 2.36. The fourth-order valence-corrected chi connectivity index (χ4v) is 0.484. The maximum atomic E-state index is 10.2. The van der Waals surface area contributed by atoms with Crippen LogP contribution >= 0.6 is 0 Å². The van der Waals surface area contributed by atoms with Crippen LogP contribution in [0.15, 0.2) is 0 Å². The summed E-state index contributed by atoms with van der Waals surface area (Å²) in [6, 6.07) is 0. The molecule has 0 saturated carbocycles. The molecular weight excluding hydrogens is 114 g/mol. The van der Waals surface area contributed by atoms with Crippen LogP contribution < -0.4 is 5.73 Å². The molecule has 53 valence electrons. The number of hydrogen-bond donors (Lipinski definition) is 1. The molecule has 0 bridgehead atoms. The van der Waals surface area contributed by atoms with Crippen molar-refractivity contribution in [3.8, 4) is 0 Å². The number of carbonyl (C=O) groups is 1. The van der Waals surface area contributed by atoms with Crippen LogP contribution in [0.5, 0.6) is 0 Å². The molecule has 0 saturated heterocycles. The molecule has 0 heterocycles. The molecule has 0 rings (SSSR count). The third-order valence-electron chi connectivity index (χ3n) is 1.42. The molecule has 0 aliphatic carbocycles. The summed E-state index contributed by atoms with van der Waals surface area (Å²) >= 11 is 0. The van der Waals surface area contributed by atoms with E-state index >= 15 is 0 Å². The molecule has 0 aromatic carbocycles. The summed E-state index contributed by atoms with van der Waals surface area (Å²) in [5, 5.41) is 0. The van der Waals surface area contributed by atoms with Gasteiger partial charge in [-0.05, 0) is 12.3 Å². The Balaban J connectivity index is 3.16. The maximum Gasteiger partial charge on any atom is 0.221 e. The minimum Gasteiger partial charge on any atom is -0.369 e. The van der Waals surface area contributed by atoms with Crippen LogP contribution in [0.2, 0.25) is 0 Å². The first-order chi connectivity index (χ1) is 4.16. The summed E-state index contributed by atoms with van der Waals surface area (Å²) in [6.45, 7) is 4.19. The highest BCUT2D eigenvalue weighted by molar-refractivity contribution is 5.82. The molecule has 2 heteroatoms. The van der Waals surface area contributed by atoms with E-state index in [1.165, 1.54) is 6.42 Å². The zero-order valence-corrected chi connectivity index (χ0v) is 6.05. The number of nitrogens with two attached hydrogens (primary N) is 1. The van der Waals surface area contributed by atoms with Crippen molar-refractivity contribution in [3.05, 3.63) is 6.42 Å². The summed E-state index contributed by atoms with van der Waals surface area (Å²) in [7, 11) is 0. The quantitative estimate of drug-likeness (QED) is 0.605. The molecule has 9 heavy (non-hydrogen) atoms. The first kappa shape index (κ1) is 8.47. The van der Waals surface area contributed by atoms with Gasteiger partial charge < -0.3 is 5.73 Å². The maximum absolute atomic E-state index is 10.2. The monoisotopic (exact) mass is 128 g/mol. The van der Waals surface area contributed by atoms with E-state index in [1.54, 1.807) is 0 Å². The van der Waals surface area contributed by atoms with Crippen molar-refractivity contribution in [1.82, 2.24) is 0 Å². The lowest BCUT2D eigenvalue weighted by Gasteiger charge is -2.03. The molecule has 0 aliphatic rings. The van der Waals surface area contributed by atoms with Gasteiger partial charge in [0.15, 0.2) is 0 Å². The predicted molar refractivity (Wildman–Crippen MR) is 37.6 cm³/mol. The largest absolute Gasteiger partial charge is 0.369 e.